The molecule has 0 aliphatic heterocycles. The Labute approximate surface area is 546 Å². The zero-order valence-corrected chi connectivity index (χ0v) is 61.7. The molecule has 12 rings (SSSR count). The van der Waals surface area contributed by atoms with E-state index < -0.39 is 0 Å². The molecule has 6 heteroatoms. The Morgan fingerprint density at radius 3 is 0.890 bits per heavy atom. The predicted octanol–water partition coefficient (Wildman–Crippen LogP) is 16.3. The molecule has 0 nitrogen and oxygen atoms in total. The molecule has 0 unspecified atom stereocenters. The van der Waals surface area contributed by atoms with E-state index in [0.717, 1.165) is 25.7 Å². The van der Waals surface area contributed by atoms with Gasteiger partial charge < -0.3 is 24.8 Å². The normalized spacial score (nSPS) is 18.3. The van der Waals surface area contributed by atoms with E-state index in [1.165, 1.54) is 115 Å². The van der Waals surface area contributed by atoms with Crippen LogP contribution in [0.1, 0.15) is 269 Å². The molecule has 0 radical (unpaired) electrons. The third-order valence-electron chi connectivity index (χ3n) is 18.4. The zero-order valence-electron chi connectivity index (χ0n) is 53.3. The molecule has 0 atom stereocenters. The number of halogens is 2. The van der Waals surface area contributed by atoms with Gasteiger partial charge in [0.25, 0.3) is 0 Å². The monoisotopic (exact) mass is 1320 g/mol. The van der Waals surface area contributed by atoms with Crippen molar-refractivity contribution >= 4 is 10.9 Å². The van der Waals surface area contributed by atoms with Gasteiger partial charge in [-0.1, -0.05) is 153 Å². The van der Waals surface area contributed by atoms with Gasteiger partial charge in [-0.15, -0.1) is 24.0 Å². The number of fused-ring (bicyclic) bond motifs is 6. The first-order chi connectivity index (χ1) is 38.1. The second-order valence-electron chi connectivity index (χ2n) is 28.9. The van der Waals surface area contributed by atoms with Crippen molar-refractivity contribution < 1.29 is 71.5 Å². The third kappa shape index (κ3) is 21.4. The van der Waals surface area contributed by atoms with Crippen LogP contribution >= 0.6 is 0 Å². The minimum atomic E-state index is 0. The van der Waals surface area contributed by atoms with Crippen LogP contribution in [0.5, 0.6) is 0 Å². The molecular formula is C76H104Cl2Si2Zr2-2. The number of benzene rings is 4. The SMILES string of the molecule is CC(C)(C)c1c[c-]c2c(c1)-c1cc(C(C)(C)C)ccc1C2.CC(C)(C)c1c[c-]c2c(c1)-c1cc(C(C)(C)C)ccc1C2.[C-]1=CC=CC1.[C-]1=CC=CC1.[Cl-].[Cl-].[Zr+2]=[Si](C1CCCCC1)C1CCCCC1.[Zr+2]=[Si](C1CCCCC1)C1CCCCC1. The Bertz CT molecular complexity index is 2400. The van der Waals surface area contributed by atoms with Gasteiger partial charge in [0.2, 0.25) is 0 Å². The molecule has 0 N–H and O–H groups in total. The Hall–Kier alpha value is -1.38. The summed E-state index contributed by atoms with van der Waals surface area (Å²) in [6.45, 7) is 27.3. The van der Waals surface area contributed by atoms with Gasteiger partial charge in [0.1, 0.15) is 0 Å². The van der Waals surface area contributed by atoms with Crippen molar-refractivity contribution in [1.29, 1.82) is 0 Å². The first-order valence-corrected chi connectivity index (χ1v) is 42.7. The van der Waals surface area contributed by atoms with Crippen LogP contribution in [0.3, 0.4) is 0 Å². The maximum atomic E-state index is 3.53. The van der Waals surface area contributed by atoms with Crippen molar-refractivity contribution in [1.82, 2.24) is 0 Å². The van der Waals surface area contributed by atoms with Crippen LogP contribution in [0, 0.1) is 24.3 Å². The third-order valence-corrected chi connectivity index (χ3v) is 36.3. The molecular weight excluding hydrogens is 1220 g/mol. The Kier molecular flexibility index (Phi) is 29.4. The molecule has 4 aromatic rings. The van der Waals surface area contributed by atoms with Crippen LogP contribution in [0.25, 0.3) is 22.3 Å². The van der Waals surface area contributed by atoms with Gasteiger partial charge in [-0.3, -0.25) is 12.2 Å². The molecule has 4 fully saturated rings. The first kappa shape index (κ1) is 71.4. The van der Waals surface area contributed by atoms with Crippen molar-refractivity contribution in [2.24, 2.45) is 0 Å². The molecule has 0 aromatic heterocycles. The van der Waals surface area contributed by atoms with E-state index in [-0.39, 0.29) is 57.3 Å². The van der Waals surface area contributed by atoms with E-state index in [9.17, 15) is 0 Å². The van der Waals surface area contributed by atoms with Crippen molar-refractivity contribution in [3.63, 3.8) is 0 Å². The second kappa shape index (κ2) is 33.8. The van der Waals surface area contributed by atoms with Gasteiger partial charge in [0.15, 0.2) is 0 Å². The second-order valence-corrected chi connectivity index (χ2v) is 42.5. The predicted molar refractivity (Wildman–Crippen MR) is 344 cm³/mol. The molecule has 82 heavy (non-hydrogen) atoms. The Morgan fingerprint density at radius 2 is 0.659 bits per heavy atom. The molecule has 0 saturated heterocycles. The summed E-state index contributed by atoms with van der Waals surface area (Å²) in [6, 6.07) is 30.1. The van der Waals surface area contributed by atoms with Crippen molar-refractivity contribution in [2.45, 2.75) is 281 Å². The van der Waals surface area contributed by atoms with Gasteiger partial charge in [-0.25, -0.2) is 24.3 Å². The molecule has 4 aromatic carbocycles. The Morgan fingerprint density at radius 1 is 0.378 bits per heavy atom. The fraction of sp³-hybridized carbons (Fsp3) is 0.579. The first-order valence-electron chi connectivity index (χ1n) is 32.1. The summed E-state index contributed by atoms with van der Waals surface area (Å²) >= 11 is 3.90. The maximum absolute atomic E-state index is 3.53. The topological polar surface area (TPSA) is 0 Å². The quantitative estimate of drug-likeness (QED) is 0.122. The average Bonchev–Trinajstić information content (AvgIpc) is 3.89. The summed E-state index contributed by atoms with van der Waals surface area (Å²) < 4.78 is 0. The molecule has 8 aliphatic rings. The van der Waals surface area contributed by atoms with Crippen LogP contribution in [-0.2, 0) is 81.2 Å². The summed E-state index contributed by atoms with van der Waals surface area (Å²) in [5.74, 6) is 0. The molecule has 0 bridgehead atoms. The van der Waals surface area contributed by atoms with Crippen LogP contribution in [-0.4, -0.2) is 10.9 Å². The van der Waals surface area contributed by atoms with Crippen molar-refractivity contribution in [3.8, 4) is 22.3 Å². The fourth-order valence-corrected chi connectivity index (χ4v) is 26.9. The van der Waals surface area contributed by atoms with E-state index in [4.69, 9.17) is 0 Å². The average molecular weight is 1330 g/mol. The zero-order chi connectivity index (χ0) is 57.5. The van der Waals surface area contributed by atoms with Gasteiger partial charge in [-0.05, 0) is 34.8 Å². The van der Waals surface area contributed by atoms with Crippen LogP contribution in [0.2, 0.25) is 22.2 Å². The van der Waals surface area contributed by atoms with Gasteiger partial charge in [-0.2, -0.15) is 70.8 Å². The number of rotatable bonds is 4. The number of hydrogen-bond donors (Lipinski definition) is 0. The van der Waals surface area contributed by atoms with E-state index in [1.54, 1.807) is 103 Å². The summed E-state index contributed by atoms with van der Waals surface area (Å²) in [6.07, 6.45) is 53.5. The number of allylic oxidation sites excluding steroid dienone is 8. The summed E-state index contributed by atoms with van der Waals surface area (Å²) in [5, 5.41) is 0. The van der Waals surface area contributed by atoms with E-state index in [0.29, 0.717) is 0 Å². The van der Waals surface area contributed by atoms with Gasteiger partial charge in [0.05, 0.1) is 0 Å². The van der Waals surface area contributed by atoms with E-state index in [2.05, 4.69) is 180 Å². The molecule has 8 aliphatic carbocycles. The summed E-state index contributed by atoms with van der Waals surface area (Å²) in [7, 11) is 0. The van der Waals surface area contributed by atoms with Crippen molar-refractivity contribution in [2.75, 3.05) is 0 Å². The molecule has 0 heterocycles. The summed E-state index contributed by atoms with van der Waals surface area (Å²) in [4.78, 5) is 0. The van der Waals surface area contributed by atoms with Crippen LogP contribution < -0.4 is 24.8 Å². The Balaban J connectivity index is 0.000000190. The number of hydrogen-bond acceptors (Lipinski definition) is 0. The van der Waals surface area contributed by atoms with Gasteiger partial charge >= 0.3 is 208 Å². The molecule has 4 saturated carbocycles. The van der Waals surface area contributed by atoms with E-state index in [1.807, 2.05) is 71.0 Å². The molecule has 0 amide bonds. The van der Waals surface area contributed by atoms with Crippen LogP contribution in [0.4, 0.5) is 0 Å². The van der Waals surface area contributed by atoms with Gasteiger partial charge in [0, 0.05) is 0 Å². The van der Waals surface area contributed by atoms with Crippen LogP contribution in [0.15, 0.2) is 97.1 Å². The fourth-order valence-electron chi connectivity index (χ4n) is 13.0. The molecule has 0 spiro atoms. The summed E-state index contributed by atoms with van der Waals surface area (Å²) in [5.41, 5.74) is 22.6. The minimum absolute atomic E-state index is 0. The standard InChI is InChI=1S/2C21H25.2C12H22Si.2C5H5.2ClH.2Zr/c2*1-20(2,3)16-9-7-14-11-15-8-10-17(21(4,5)6)13-19(15)18(14)12-16;2*1-3-7-11(8-4-1)13-12-9-5-2-6-10-12;2*1-2-4-5-3-1;;;;/h2*7,9-10,12-13H,11H2,1-6H3;2*11-12H,1-10H2;2*1-3H,4H2;2*1H;;/q2*-1;;;2*-1;;;2*+2/p-2. The molecule has 440 valence electrons. The van der Waals surface area contributed by atoms with Crippen molar-refractivity contribution in [3.05, 3.63) is 166 Å². The van der Waals surface area contributed by atoms with E-state index >= 15 is 0 Å².